The van der Waals surface area contributed by atoms with E-state index in [2.05, 4.69) is 20.9 Å². The number of aryl methyl sites for hydroxylation is 1. The summed E-state index contributed by atoms with van der Waals surface area (Å²) in [4.78, 5) is 15.5. The van der Waals surface area contributed by atoms with Crippen LogP contribution in [0.15, 0.2) is 41.4 Å². The number of anilines is 1. The van der Waals surface area contributed by atoms with Gasteiger partial charge in [-0.25, -0.2) is 4.39 Å². The molecule has 0 aliphatic carbocycles. The molecule has 7 heteroatoms. The van der Waals surface area contributed by atoms with Crippen LogP contribution < -0.4 is 20.7 Å². The highest BCUT2D eigenvalue weighted by molar-refractivity contribution is 5.90. The lowest BCUT2D eigenvalue weighted by molar-refractivity contribution is -0.114. The predicted octanol–water partition coefficient (Wildman–Crippen LogP) is 2.97. The number of rotatable bonds is 6. The number of nitrogens with zero attached hydrogens (tertiary/aromatic N) is 1. The summed E-state index contributed by atoms with van der Waals surface area (Å²) in [5, 5.41) is 9.09. The standard InChI is InChI=1S/C20H25FN4O2/c1-13-5-6-15(9-17(13)21)11-23-20(22-3)24-12-16-7-8-19(27-4)18(10-16)25-14(2)26/h5-10H,11-12H2,1-4H3,(H,25,26)(H2,22,23,24). The van der Waals surface area contributed by atoms with E-state index >= 15 is 0 Å². The number of ether oxygens (including phenoxy) is 1. The highest BCUT2D eigenvalue weighted by Gasteiger charge is 2.07. The van der Waals surface area contributed by atoms with Crippen LogP contribution in [0.3, 0.4) is 0 Å². The molecule has 0 atom stereocenters. The lowest BCUT2D eigenvalue weighted by Crippen LogP contribution is -2.36. The molecular formula is C20H25FN4O2. The molecule has 0 bridgehead atoms. The van der Waals surface area contributed by atoms with Gasteiger partial charge in [-0.2, -0.15) is 0 Å². The van der Waals surface area contributed by atoms with Gasteiger partial charge >= 0.3 is 0 Å². The first-order valence-electron chi connectivity index (χ1n) is 8.57. The van der Waals surface area contributed by atoms with E-state index in [0.29, 0.717) is 36.0 Å². The van der Waals surface area contributed by atoms with E-state index in [4.69, 9.17) is 4.74 Å². The van der Waals surface area contributed by atoms with Gasteiger partial charge in [0.25, 0.3) is 0 Å². The first kappa shape index (κ1) is 20.2. The summed E-state index contributed by atoms with van der Waals surface area (Å²) in [7, 11) is 3.22. The van der Waals surface area contributed by atoms with Crippen molar-refractivity contribution in [3.63, 3.8) is 0 Å². The van der Waals surface area contributed by atoms with Gasteiger partial charge in [-0.1, -0.05) is 18.2 Å². The van der Waals surface area contributed by atoms with Crippen molar-refractivity contribution in [2.24, 2.45) is 4.99 Å². The number of carbonyl (C=O) groups is 1. The number of nitrogens with one attached hydrogen (secondary N) is 3. The minimum absolute atomic E-state index is 0.166. The first-order chi connectivity index (χ1) is 12.9. The second kappa shape index (κ2) is 9.56. The van der Waals surface area contributed by atoms with Crippen LogP contribution in [0, 0.1) is 12.7 Å². The van der Waals surface area contributed by atoms with Crippen molar-refractivity contribution in [2.45, 2.75) is 26.9 Å². The van der Waals surface area contributed by atoms with Gasteiger partial charge in [-0.15, -0.1) is 0 Å². The topological polar surface area (TPSA) is 74.8 Å². The first-order valence-corrected chi connectivity index (χ1v) is 8.57. The molecule has 0 spiro atoms. The molecule has 3 N–H and O–H groups in total. The van der Waals surface area contributed by atoms with E-state index in [-0.39, 0.29) is 11.7 Å². The molecule has 0 aliphatic heterocycles. The van der Waals surface area contributed by atoms with E-state index < -0.39 is 0 Å². The molecule has 0 unspecified atom stereocenters. The van der Waals surface area contributed by atoms with Crippen molar-refractivity contribution >= 4 is 17.6 Å². The van der Waals surface area contributed by atoms with Gasteiger partial charge in [0, 0.05) is 27.1 Å². The third-order valence-electron chi connectivity index (χ3n) is 3.95. The molecule has 0 aliphatic rings. The van der Waals surface area contributed by atoms with Gasteiger partial charge in [-0.05, 0) is 41.8 Å². The van der Waals surface area contributed by atoms with Crippen LogP contribution in [-0.4, -0.2) is 26.0 Å². The van der Waals surface area contributed by atoms with Crippen molar-refractivity contribution in [3.05, 3.63) is 58.9 Å². The molecule has 27 heavy (non-hydrogen) atoms. The highest BCUT2D eigenvalue weighted by atomic mass is 19.1. The quantitative estimate of drug-likeness (QED) is 0.538. The van der Waals surface area contributed by atoms with Gasteiger partial charge in [0.05, 0.1) is 12.8 Å². The Morgan fingerprint density at radius 1 is 1.11 bits per heavy atom. The smallest absolute Gasteiger partial charge is 0.221 e. The maximum absolute atomic E-state index is 13.6. The highest BCUT2D eigenvalue weighted by Crippen LogP contribution is 2.25. The maximum atomic E-state index is 13.6. The van der Waals surface area contributed by atoms with Gasteiger partial charge in [0.1, 0.15) is 11.6 Å². The predicted molar refractivity (Wildman–Crippen MR) is 105 cm³/mol. The third kappa shape index (κ3) is 5.99. The number of guanidine groups is 1. The molecule has 0 saturated carbocycles. The molecule has 0 radical (unpaired) electrons. The molecule has 2 rings (SSSR count). The molecule has 0 aromatic heterocycles. The van der Waals surface area contributed by atoms with E-state index in [9.17, 15) is 9.18 Å². The lowest BCUT2D eigenvalue weighted by Gasteiger charge is -2.14. The number of methoxy groups -OCH3 is 1. The molecule has 0 saturated heterocycles. The average molecular weight is 372 g/mol. The second-order valence-corrected chi connectivity index (χ2v) is 6.08. The van der Waals surface area contributed by atoms with Crippen LogP contribution in [-0.2, 0) is 17.9 Å². The fraction of sp³-hybridized carbons (Fsp3) is 0.300. The second-order valence-electron chi connectivity index (χ2n) is 6.08. The average Bonchev–Trinajstić information content (AvgIpc) is 2.64. The molecule has 2 aromatic rings. The number of hydrogen-bond donors (Lipinski definition) is 3. The summed E-state index contributed by atoms with van der Waals surface area (Å²) in [6.45, 7) is 4.14. The Kier molecular flexibility index (Phi) is 7.16. The van der Waals surface area contributed by atoms with Crippen molar-refractivity contribution in [1.29, 1.82) is 0 Å². The molecule has 2 aromatic carbocycles. The van der Waals surface area contributed by atoms with Crippen LogP contribution in [0.4, 0.5) is 10.1 Å². The summed E-state index contributed by atoms with van der Waals surface area (Å²) < 4.78 is 18.9. The molecule has 0 fully saturated rings. The summed E-state index contributed by atoms with van der Waals surface area (Å²) in [6.07, 6.45) is 0. The Balaban J connectivity index is 1.97. The zero-order valence-electron chi connectivity index (χ0n) is 16.0. The van der Waals surface area contributed by atoms with Gasteiger partial charge < -0.3 is 20.7 Å². The monoisotopic (exact) mass is 372 g/mol. The van der Waals surface area contributed by atoms with Crippen LogP contribution >= 0.6 is 0 Å². The van der Waals surface area contributed by atoms with Gasteiger partial charge in [-0.3, -0.25) is 9.79 Å². The Hall–Kier alpha value is -3.09. The van der Waals surface area contributed by atoms with E-state index in [1.165, 1.54) is 13.0 Å². The maximum Gasteiger partial charge on any atom is 0.221 e. The summed E-state index contributed by atoms with van der Waals surface area (Å²) in [6, 6.07) is 10.7. The van der Waals surface area contributed by atoms with Crippen LogP contribution in [0.5, 0.6) is 5.75 Å². The van der Waals surface area contributed by atoms with Crippen LogP contribution in [0.1, 0.15) is 23.6 Å². The Bertz CT molecular complexity index is 837. The fourth-order valence-electron chi connectivity index (χ4n) is 2.49. The Morgan fingerprint density at radius 2 is 1.74 bits per heavy atom. The lowest BCUT2D eigenvalue weighted by atomic mass is 10.1. The third-order valence-corrected chi connectivity index (χ3v) is 3.95. The molecule has 1 amide bonds. The Morgan fingerprint density at radius 3 is 2.30 bits per heavy atom. The number of halogens is 1. The summed E-state index contributed by atoms with van der Waals surface area (Å²) in [5.41, 5.74) is 3.01. The number of aliphatic imine (C=N–C) groups is 1. The van der Waals surface area contributed by atoms with Gasteiger partial charge in [0.2, 0.25) is 5.91 Å². The minimum atomic E-state index is -0.221. The SMILES string of the molecule is CN=C(NCc1ccc(C)c(F)c1)NCc1ccc(OC)c(NC(C)=O)c1. The zero-order valence-corrected chi connectivity index (χ0v) is 16.0. The zero-order chi connectivity index (χ0) is 19.8. The number of benzene rings is 2. The van der Waals surface area contributed by atoms with Gasteiger partial charge in [0.15, 0.2) is 5.96 Å². The molecular weight excluding hydrogens is 347 g/mol. The molecule has 144 valence electrons. The summed E-state index contributed by atoms with van der Waals surface area (Å²) >= 11 is 0. The van der Waals surface area contributed by atoms with E-state index in [1.807, 2.05) is 18.2 Å². The largest absolute Gasteiger partial charge is 0.495 e. The summed E-state index contributed by atoms with van der Waals surface area (Å²) in [5.74, 6) is 0.799. The Labute approximate surface area is 158 Å². The van der Waals surface area contributed by atoms with Crippen molar-refractivity contribution in [1.82, 2.24) is 10.6 Å². The minimum Gasteiger partial charge on any atom is -0.495 e. The molecule has 0 heterocycles. The van der Waals surface area contributed by atoms with E-state index in [1.54, 1.807) is 33.2 Å². The molecule has 6 nitrogen and oxygen atoms in total. The van der Waals surface area contributed by atoms with Crippen molar-refractivity contribution in [3.8, 4) is 5.75 Å². The number of hydrogen-bond acceptors (Lipinski definition) is 3. The van der Waals surface area contributed by atoms with E-state index in [0.717, 1.165) is 11.1 Å². The van der Waals surface area contributed by atoms with Crippen LogP contribution in [0.2, 0.25) is 0 Å². The van der Waals surface area contributed by atoms with Crippen molar-refractivity contribution < 1.29 is 13.9 Å². The number of carbonyl (C=O) groups excluding carboxylic acids is 1. The fourth-order valence-corrected chi connectivity index (χ4v) is 2.49. The van der Waals surface area contributed by atoms with Crippen molar-refractivity contribution in [2.75, 3.05) is 19.5 Å². The number of amides is 1. The van der Waals surface area contributed by atoms with Crippen LogP contribution in [0.25, 0.3) is 0 Å². The normalized spacial score (nSPS) is 11.1.